The van der Waals surface area contributed by atoms with Crippen molar-refractivity contribution in [2.75, 3.05) is 34.0 Å². The molecule has 0 aliphatic carbocycles. The van der Waals surface area contributed by atoms with Gasteiger partial charge in [0.1, 0.15) is 17.0 Å². The summed E-state index contributed by atoms with van der Waals surface area (Å²) in [6.07, 6.45) is 5.51. The molecule has 0 amide bonds. The first kappa shape index (κ1) is 26.2. The van der Waals surface area contributed by atoms with Crippen molar-refractivity contribution in [2.24, 2.45) is 0 Å². The van der Waals surface area contributed by atoms with Crippen molar-refractivity contribution in [1.82, 2.24) is 18.8 Å². The standard InChI is InChI=1S/C29H34N4O5S/c1-36-17-19-7-3-4-11-32(19)15-18-13-23-26(24(14-18)37-2)31-25(28(34)30-23)21-9-5-10-22-27(21)39-33(29(22)35)16-20-8-6-12-38-20/h5,9-10,13-14,19-20H,3-4,6-8,11-12,15-17H2,1-2H3,(H,30,34)/t19-,20+/m1/s1. The Morgan fingerprint density at radius 2 is 2.05 bits per heavy atom. The van der Waals surface area contributed by atoms with Gasteiger partial charge in [0.05, 0.1) is 42.0 Å². The Morgan fingerprint density at radius 1 is 1.15 bits per heavy atom. The normalized spacial score (nSPS) is 20.3. The van der Waals surface area contributed by atoms with Gasteiger partial charge in [0, 0.05) is 31.9 Å². The summed E-state index contributed by atoms with van der Waals surface area (Å²) in [6.45, 7) is 3.73. The van der Waals surface area contributed by atoms with E-state index in [2.05, 4.69) is 9.88 Å². The second kappa shape index (κ2) is 11.2. The number of aromatic amines is 1. The van der Waals surface area contributed by atoms with Crippen LogP contribution in [0.3, 0.4) is 0 Å². The molecule has 0 unspecified atom stereocenters. The number of likely N-dealkylation sites (tertiary alicyclic amines) is 1. The molecule has 2 fully saturated rings. The Bertz CT molecular complexity index is 1600. The average molecular weight is 551 g/mol. The van der Waals surface area contributed by atoms with Gasteiger partial charge < -0.3 is 19.2 Å². The van der Waals surface area contributed by atoms with E-state index in [0.717, 1.165) is 49.2 Å². The van der Waals surface area contributed by atoms with E-state index in [0.29, 0.717) is 46.9 Å². The maximum atomic E-state index is 13.4. The molecule has 0 spiro atoms. The summed E-state index contributed by atoms with van der Waals surface area (Å²) in [5, 5.41) is 0.589. The minimum absolute atomic E-state index is 0.0505. The largest absolute Gasteiger partial charge is 0.494 e. The minimum atomic E-state index is -0.295. The molecular weight excluding hydrogens is 516 g/mol. The molecule has 2 aromatic heterocycles. The molecule has 2 saturated heterocycles. The number of hydrogen-bond donors (Lipinski definition) is 1. The van der Waals surface area contributed by atoms with Crippen molar-refractivity contribution in [3.63, 3.8) is 0 Å². The Labute approximate surface area is 230 Å². The number of ether oxygens (including phenoxy) is 3. The molecule has 2 aromatic carbocycles. The lowest BCUT2D eigenvalue weighted by Gasteiger charge is -2.35. The summed E-state index contributed by atoms with van der Waals surface area (Å²) < 4.78 is 19.5. The Balaban J connectivity index is 1.38. The van der Waals surface area contributed by atoms with Crippen LogP contribution in [-0.2, 0) is 22.6 Å². The first-order chi connectivity index (χ1) is 19.1. The van der Waals surface area contributed by atoms with Gasteiger partial charge in [-0.3, -0.25) is 18.4 Å². The van der Waals surface area contributed by atoms with Crippen molar-refractivity contribution < 1.29 is 14.2 Å². The van der Waals surface area contributed by atoms with E-state index in [4.69, 9.17) is 19.2 Å². The first-order valence-corrected chi connectivity index (χ1v) is 14.4. The van der Waals surface area contributed by atoms with Crippen LogP contribution >= 0.6 is 11.5 Å². The van der Waals surface area contributed by atoms with Gasteiger partial charge in [-0.1, -0.05) is 30.1 Å². The van der Waals surface area contributed by atoms with Crippen molar-refractivity contribution in [3.8, 4) is 17.0 Å². The molecule has 39 heavy (non-hydrogen) atoms. The fourth-order valence-electron chi connectivity index (χ4n) is 5.90. The van der Waals surface area contributed by atoms with E-state index < -0.39 is 0 Å². The van der Waals surface area contributed by atoms with Crippen molar-refractivity contribution >= 4 is 32.7 Å². The molecule has 0 radical (unpaired) electrons. The first-order valence-electron chi connectivity index (χ1n) is 13.6. The van der Waals surface area contributed by atoms with E-state index in [1.54, 1.807) is 18.2 Å². The topological polar surface area (TPSA) is 98.7 Å². The van der Waals surface area contributed by atoms with Crippen molar-refractivity contribution in [1.29, 1.82) is 0 Å². The van der Waals surface area contributed by atoms with E-state index in [9.17, 15) is 9.59 Å². The van der Waals surface area contributed by atoms with Crippen LogP contribution in [0.4, 0.5) is 0 Å². The van der Waals surface area contributed by atoms with Gasteiger partial charge in [-0.2, -0.15) is 0 Å². The second-order valence-corrected chi connectivity index (χ2v) is 11.5. The molecular formula is C29H34N4O5S. The number of H-pyrrole nitrogens is 1. The van der Waals surface area contributed by atoms with Gasteiger partial charge in [0.15, 0.2) is 0 Å². The van der Waals surface area contributed by atoms with Gasteiger partial charge in [0.2, 0.25) is 0 Å². The number of rotatable bonds is 8. The number of hydrogen-bond acceptors (Lipinski definition) is 8. The summed E-state index contributed by atoms with van der Waals surface area (Å²) in [7, 11) is 3.37. The van der Waals surface area contributed by atoms with E-state index in [-0.39, 0.29) is 22.9 Å². The van der Waals surface area contributed by atoms with Gasteiger partial charge in [0.25, 0.3) is 11.1 Å². The number of aromatic nitrogens is 3. The summed E-state index contributed by atoms with van der Waals surface area (Å²) in [5.41, 5.74) is 2.85. The lowest BCUT2D eigenvalue weighted by Crippen LogP contribution is -2.41. The third-order valence-electron chi connectivity index (χ3n) is 7.86. The summed E-state index contributed by atoms with van der Waals surface area (Å²) >= 11 is 1.37. The van der Waals surface area contributed by atoms with Crippen LogP contribution < -0.4 is 15.9 Å². The molecule has 0 saturated carbocycles. The third kappa shape index (κ3) is 5.14. The number of fused-ring (bicyclic) bond motifs is 2. The maximum absolute atomic E-state index is 13.4. The van der Waals surface area contributed by atoms with Gasteiger partial charge in [-0.05, 0) is 56.0 Å². The molecule has 2 aliphatic heterocycles. The molecule has 4 aromatic rings. The summed E-state index contributed by atoms with van der Waals surface area (Å²) in [6, 6.07) is 9.85. The van der Waals surface area contributed by atoms with Gasteiger partial charge in [-0.15, -0.1) is 0 Å². The SMILES string of the molecule is COC[C@H]1CCCCN1Cc1cc(OC)c2nc(-c3cccc4c(=O)n(C[C@@H]5CCCO5)sc34)c(=O)[nH]c2c1. The lowest BCUT2D eigenvalue weighted by atomic mass is 10.0. The molecule has 0 bridgehead atoms. The average Bonchev–Trinajstić information content (AvgIpc) is 3.57. The van der Waals surface area contributed by atoms with Crippen molar-refractivity contribution in [2.45, 2.75) is 57.3 Å². The van der Waals surface area contributed by atoms with Crippen LogP contribution in [0.15, 0.2) is 39.9 Å². The molecule has 2 atom stereocenters. The molecule has 1 N–H and O–H groups in total. The number of nitrogens with zero attached hydrogens (tertiary/aromatic N) is 3. The highest BCUT2D eigenvalue weighted by atomic mass is 32.1. The summed E-state index contributed by atoms with van der Waals surface area (Å²) in [4.78, 5) is 36.8. The van der Waals surface area contributed by atoms with E-state index in [1.807, 2.05) is 30.3 Å². The van der Waals surface area contributed by atoms with Crippen LogP contribution in [0.5, 0.6) is 5.75 Å². The van der Waals surface area contributed by atoms with Gasteiger partial charge in [-0.25, -0.2) is 4.98 Å². The fourth-order valence-corrected chi connectivity index (χ4v) is 7.06. The number of benzene rings is 2. The number of methoxy groups -OCH3 is 2. The van der Waals surface area contributed by atoms with E-state index in [1.165, 1.54) is 24.4 Å². The summed E-state index contributed by atoms with van der Waals surface area (Å²) in [5.74, 6) is 0.608. The molecule has 4 heterocycles. The minimum Gasteiger partial charge on any atom is -0.494 e. The van der Waals surface area contributed by atoms with Crippen molar-refractivity contribution in [3.05, 3.63) is 56.6 Å². The van der Waals surface area contributed by atoms with Crippen LogP contribution in [0, 0.1) is 0 Å². The third-order valence-corrected chi connectivity index (χ3v) is 9.02. The Kier molecular flexibility index (Phi) is 7.53. The molecule has 9 nitrogen and oxygen atoms in total. The smallest absolute Gasteiger partial charge is 0.275 e. The van der Waals surface area contributed by atoms with E-state index >= 15 is 0 Å². The zero-order valence-electron chi connectivity index (χ0n) is 22.4. The lowest BCUT2D eigenvalue weighted by molar-refractivity contribution is 0.0600. The predicted octanol–water partition coefficient (Wildman–Crippen LogP) is 4.16. The highest BCUT2D eigenvalue weighted by Gasteiger charge is 2.24. The Morgan fingerprint density at radius 3 is 2.85 bits per heavy atom. The van der Waals surface area contributed by atoms with Crippen LogP contribution in [0.1, 0.15) is 37.7 Å². The zero-order chi connectivity index (χ0) is 26.9. The molecule has 206 valence electrons. The molecule has 10 heteroatoms. The van der Waals surface area contributed by atoms with Crippen LogP contribution in [-0.4, -0.2) is 64.9 Å². The number of piperidine rings is 1. The van der Waals surface area contributed by atoms with Crippen LogP contribution in [0.25, 0.3) is 32.4 Å². The highest BCUT2D eigenvalue weighted by Crippen LogP contribution is 2.32. The number of nitrogens with one attached hydrogen (secondary N) is 1. The molecule has 6 rings (SSSR count). The van der Waals surface area contributed by atoms with Crippen LogP contribution in [0.2, 0.25) is 0 Å². The monoisotopic (exact) mass is 550 g/mol. The quantitative estimate of drug-likeness (QED) is 0.352. The fraction of sp³-hybridized carbons (Fsp3) is 0.483. The Hall–Kier alpha value is -3.05. The predicted molar refractivity (Wildman–Crippen MR) is 153 cm³/mol. The maximum Gasteiger partial charge on any atom is 0.275 e. The highest BCUT2D eigenvalue weighted by molar-refractivity contribution is 7.14. The molecule has 2 aliphatic rings. The van der Waals surface area contributed by atoms with Gasteiger partial charge >= 0.3 is 0 Å². The zero-order valence-corrected chi connectivity index (χ0v) is 23.2. The second-order valence-electron chi connectivity index (χ2n) is 10.5.